The molecule has 1 amide bonds. The van der Waals surface area contributed by atoms with Crippen molar-refractivity contribution in [1.82, 2.24) is 19.9 Å². The van der Waals surface area contributed by atoms with Gasteiger partial charge in [-0.2, -0.15) is 10.2 Å². The minimum atomic E-state index is -2.15. The third-order valence-electron chi connectivity index (χ3n) is 9.22. The molecule has 4 heterocycles. The second-order valence-electron chi connectivity index (χ2n) is 15.3. The number of nitriles is 1. The molecule has 5 rings (SSSR count). The Morgan fingerprint density at radius 2 is 1.92 bits per heavy atom. The molecule has 0 saturated heterocycles. The number of ether oxygens (including phenoxy) is 3. The number of rotatable bonds is 8. The standard InChI is InChI=1S/C36H47N7O5Si/c1-34(2,3)48-33(44)43-21-36(7,22-47-49(9,10)35(4,5)6)26-18-24(17-25(19-37)29(26)43)27-11-14-38-32(40-27)41-28-20-39-30(42-31(28)45-8)23-12-15-46-16-13-23/h11-12,14,17-18,20H,13,15-16,21-22H2,1-10H3,(H,38,40,41)/t36-/m1/s1. The fourth-order valence-electron chi connectivity index (χ4n) is 5.48. The summed E-state index contributed by atoms with van der Waals surface area (Å²) in [5.41, 5.74) is 3.18. The Morgan fingerprint density at radius 3 is 2.55 bits per heavy atom. The van der Waals surface area contributed by atoms with E-state index in [0.717, 1.165) is 17.6 Å². The highest BCUT2D eigenvalue weighted by atomic mass is 28.4. The Hall–Kier alpha value is -4.38. The lowest BCUT2D eigenvalue weighted by Gasteiger charge is -2.39. The van der Waals surface area contributed by atoms with Crippen molar-refractivity contribution in [3.8, 4) is 23.2 Å². The molecule has 0 unspecified atom stereocenters. The summed E-state index contributed by atoms with van der Waals surface area (Å²) in [6.07, 6.45) is 5.49. The maximum atomic E-state index is 13.6. The van der Waals surface area contributed by atoms with Crippen LogP contribution in [-0.4, -0.2) is 73.4 Å². The van der Waals surface area contributed by atoms with Crippen LogP contribution in [0.15, 0.2) is 36.7 Å². The zero-order valence-electron chi connectivity index (χ0n) is 30.2. The average molecular weight is 686 g/mol. The van der Waals surface area contributed by atoms with Crippen molar-refractivity contribution in [3.63, 3.8) is 0 Å². The zero-order valence-corrected chi connectivity index (χ0v) is 31.2. The van der Waals surface area contributed by atoms with Crippen molar-refractivity contribution >= 4 is 37.3 Å². The van der Waals surface area contributed by atoms with Crippen LogP contribution in [0, 0.1) is 11.3 Å². The highest BCUT2D eigenvalue weighted by molar-refractivity contribution is 6.74. The molecule has 0 fully saturated rings. The van der Waals surface area contributed by atoms with Crippen molar-refractivity contribution < 1.29 is 23.4 Å². The molecule has 49 heavy (non-hydrogen) atoms. The fraction of sp³-hybridized carbons (Fsp3) is 0.500. The zero-order chi connectivity index (χ0) is 35.8. The first-order valence-electron chi connectivity index (χ1n) is 16.5. The predicted octanol–water partition coefficient (Wildman–Crippen LogP) is 7.40. The molecule has 3 aromatic rings. The predicted molar refractivity (Wildman–Crippen MR) is 192 cm³/mol. The summed E-state index contributed by atoms with van der Waals surface area (Å²) in [5, 5.41) is 13.6. The number of amides is 1. The SMILES string of the molecule is COc1nc(C2=CCOCC2)ncc1Nc1nccc(-c2cc(C#N)c3c(c2)[C@@](C)(CO[Si](C)(C)C(C)(C)C)CN3C(=O)OC(C)(C)C)n1. The Kier molecular flexibility index (Phi) is 9.89. The van der Waals surface area contributed by atoms with Crippen LogP contribution in [0.1, 0.15) is 71.8 Å². The summed E-state index contributed by atoms with van der Waals surface area (Å²) in [4.78, 5) is 33.5. The molecular weight excluding hydrogens is 639 g/mol. The third kappa shape index (κ3) is 7.77. The van der Waals surface area contributed by atoms with Gasteiger partial charge in [0, 0.05) is 30.3 Å². The lowest BCUT2D eigenvalue weighted by atomic mass is 9.83. The van der Waals surface area contributed by atoms with Crippen molar-refractivity contribution in [1.29, 1.82) is 5.26 Å². The minimum absolute atomic E-state index is 0.00414. The topological polar surface area (TPSA) is 145 Å². The van der Waals surface area contributed by atoms with E-state index in [9.17, 15) is 10.1 Å². The second-order valence-corrected chi connectivity index (χ2v) is 20.1. The van der Waals surface area contributed by atoms with E-state index in [1.807, 2.05) is 32.9 Å². The monoisotopic (exact) mass is 685 g/mol. The Bertz CT molecular complexity index is 1810. The van der Waals surface area contributed by atoms with Gasteiger partial charge < -0.3 is 24.0 Å². The number of aromatic nitrogens is 4. The number of hydrogen-bond acceptors (Lipinski definition) is 11. The van der Waals surface area contributed by atoms with Gasteiger partial charge in [-0.15, -0.1) is 0 Å². The summed E-state index contributed by atoms with van der Waals surface area (Å²) in [6.45, 7) is 20.4. The van der Waals surface area contributed by atoms with E-state index in [1.54, 1.807) is 36.5 Å². The Morgan fingerprint density at radius 1 is 1.16 bits per heavy atom. The van der Waals surface area contributed by atoms with Crippen LogP contribution in [0.25, 0.3) is 16.8 Å². The second kappa shape index (κ2) is 13.5. The van der Waals surface area contributed by atoms with Crippen molar-refractivity contribution in [2.24, 2.45) is 0 Å². The van der Waals surface area contributed by atoms with E-state index < -0.39 is 25.4 Å². The van der Waals surface area contributed by atoms with E-state index in [-0.39, 0.29) is 5.04 Å². The highest BCUT2D eigenvalue weighted by Crippen LogP contribution is 2.47. The Labute approximate surface area is 290 Å². The van der Waals surface area contributed by atoms with Crippen LogP contribution in [0.4, 0.5) is 22.1 Å². The molecule has 0 spiro atoms. The number of hydrogen-bond donors (Lipinski definition) is 1. The minimum Gasteiger partial charge on any atom is -0.479 e. The van der Waals surface area contributed by atoms with Gasteiger partial charge in [-0.1, -0.05) is 33.8 Å². The molecule has 0 bridgehead atoms. The van der Waals surface area contributed by atoms with Crippen molar-refractivity contribution in [2.45, 2.75) is 84.0 Å². The molecule has 0 radical (unpaired) electrons. The average Bonchev–Trinajstić information content (AvgIpc) is 3.35. The first-order valence-corrected chi connectivity index (χ1v) is 19.4. The van der Waals surface area contributed by atoms with Gasteiger partial charge in [0.05, 0.1) is 43.5 Å². The highest BCUT2D eigenvalue weighted by Gasteiger charge is 2.47. The summed E-state index contributed by atoms with van der Waals surface area (Å²) >= 11 is 0. The van der Waals surface area contributed by atoms with Crippen LogP contribution in [0.5, 0.6) is 5.88 Å². The molecule has 12 nitrogen and oxygen atoms in total. The molecular formula is C36H47N7O5Si. The van der Waals surface area contributed by atoms with E-state index in [1.165, 1.54) is 0 Å². The number of nitrogens with zero attached hydrogens (tertiary/aromatic N) is 6. The van der Waals surface area contributed by atoms with Gasteiger partial charge in [-0.3, -0.25) is 4.90 Å². The Balaban J connectivity index is 1.52. The summed E-state index contributed by atoms with van der Waals surface area (Å²) in [7, 11) is -0.603. The quantitative estimate of drug-likeness (QED) is 0.237. The molecule has 1 aromatic carbocycles. The molecule has 2 aliphatic rings. The van der Waals surface area contributed by atoms with Gasteiger partial charge in [0.15, 0.2) is 14.1 Å². The molecule has 2 aromatic heterocycles. The number of nitrogens with one attached hydrogen (secondary N) is 1. The number of fused-ring (bicyclic) bond motifs is 1. The van der Waals surface area contributed by atoms with Crippen LogP contribution in [0.2, 0.25) is 18.1 Å². The molecule has 1 N–H and O–H groups in total. The number of methoxy groups -OCH3 is 1. The number of benzene rings is 1. The first kappa shape index (κ1) is 35.9. The van der Waals surface area contributed by atoms with E-state index in [4.69, 9.17) is 23.6 Å². The fourth-order valence-corrected chi connectivity index (χ4v) is 6.59. The molecule has 2 aliphatic heterocycles. The van der Waals surface area contributed by atoms with Gasteiger partial charge in [-0.25, -0.2) is 19.7 Å². The number of carbonyl (C=O) groups excluding carboxylic acids is 1. The van der Waals surface area contributed by atoms with Gasteiger partial charge in [0.25, 0.3) is 0 Å². The van der Waals surface area contributed by atoms with Crippen molar-refractivity contribution in [3.05, 3.63) is 53.6 Å². The largest absolute Gasteiger partial charge is 0.479 e. The van der Waals surface area contributed by atoms with Gasteiger partial charge >= 0.3 is 6.09 Å². The van der Waals surface area contributed by atoms with Crippen LogP contribution in [0.3, 0.4) is 0 Å². The molecule has 260 valence electrons. The normalized spacial score (nSPS) is 18.0. The molecule has 1 atom stereocenters. The van der Waals surface area contributed by atoms with Crippen LogP contribution in [-0.2, 0) is 19.3 Å². The third-order valence-corrected chi connectivity index (χ3v) is 13.7. The van der Waals surface area contributed by atoms with Gasteiger partial charge in [-0.05, 0) is 74.7 Å². The van der Waals surface area contributed by atoms with E-state index in [2.05, 4.69) is 67.1 Å². The molecule has 13 heteroatoms. The number of anilines is 3. The molecule has 0 aliphatic carbocycles. The lowest BCUT2D eigenvalue weighted by Crippen LogP contribution is -2.46. The maximum Gasteiger partial charge on any atom is 0.414 e. The maximum absolute atomic E-state index is 13.6. The van der Waals surface area contributed by atoms with Crippen molar-refractivity contribution in [2.75, 3.05) is 43.7 Å². The smallest absolute Gasteiger partial charge is 0.414 e. The first-order chi connectivity index (χ1) is 22.9. The summed E-state index contributed by atoms with van der Waals surface area (Å²) in [6, 6.07) is 7.87. The van der Waals surface area contributed by atoms with Gasteiger partial charge in [0.2, 0.25) is 11.8 Å². The van der Waals surface area contributed by atoms with Crippen LogP contribution < -0.4 is 15.0 Å². The molecule has 0 saturated carbocycles. The number of carbonyl (C=O) groups is 1. The van der Waals surface area contributed by atoms with Crippen LogP contribution >= 0.6 is 0 Å². The van der Waals surface area contributed by atoms with Gasteiger partial charge in [0.1, 0.15) is 17.4 Å². The van der Waals surface area contributed by atoms with E-state index >= 15 is 0 Å². The van der Waals surface area contributed by atoms with E-state index in [0.29, 0.717) is 72.2 Å². The summed E-state index contributed by atoms with van der Waals surface area (Å²) < 4.78 is 23.5. The lowest BCUT2D eigenvalue weighted by molar-refractivity contribution is 0.0575. The summed E-state index contributed by atoms with van der Waals surface area (Å²) in [5.74, 6) is 1.25.